The van der Waals surface area contributed by atoms with Gasteiger partial charge in [0.2, 0.25) is 0 Å². The zero-order valence-electron chi connectivity index (χ0n) is 10.8. The minimum Gasteiger partial charge on any atom is -0.395 e. The van der Waals surface area contributed by atoms with Crippen LogP contribution in [0.5, 0.6) is 0 Å². The molecule has 1 atom stereocenters. The van der Waals surface area contributed by atoms with Gasteiger partial charge in [-0.15, -0.1) is 11.3 Å². The number of hydrogen-bond donors (Lipinski definition) is 2. The number of aliphatic hydroxyl groups excluding tert-OH is 1. The van der Waals surface area contributed by atoms with Gasteiger partial charge < -0.3 is 10.4 Å². The van der Waals surface area contributed by atoms with E-state index in [1.807, 2.05) is 12.3 Å². The van der Waals surface area contributed by atoms with E-state index in [2.05, 4.69) is 17.2 Å². The fourth-order valence-corrected chi connectivity index (χ4v) is 2.68. The van der Waals surface area contributed by atoms with Crippen molar-refractivity contribution < 1.29 is 14.1 Å². The number of rotatable bonds is 6. The van der Waals surface area contributed by atoms with Crippen LogP contribution in [0, 0.1) is 11.8 Å². The Balaban J connectivity index is 2.56. The van der Waals surface area contributed by atoms with Gasteiger partial charge in [-0.05, 0) is 11.4 Å². The highest BCUT2D eigenvalue weighted by atomic mass is 32.2. The smallest absolute Gasteiger partial charge is 0.262 e. The maximum atomic E-state index is 11.9. The Morgan fingerprint density at radius 1 is 1.58 bits per heavy atom. The number of amides is 1. The fraction of sp³-hybridized carbons (Fsp3) is 0.462. The van der Waals surface area contributed by atoms with E-state index in [4.69, 9.17) is 5.11 Å². The summed E-state index contributed by atoms with van der Waals surface area (Å²) in [6, 6.07) is 1.79. The first-order valence-corrected chi connectivity index (χ1v) is 8.36. The highest BCUT2D eigenvalue weighted by Gasteiger charge is 2.11. The van der Waals surface area contributed by atoms with Crippen LogP contribution in [0.15, 0.2) is 11.4 Å². The molecule has 1 rings (SSSR count). The Morgan fingerprint density at radius 2 is 2.37 bits per heavy atom. The van der Waals surface area contributed by atoms with Crippen LogP contribution in [-0.2, 0) is 10.8 Å². The number of carbonyl (C=O) groups is 1. The quantitative estimate of drug-likeness (QED) is 0.770. The minimum atomic E-state index is -0.869. The molecule has 104 valence electrons. The van der Waals surface area contributed by atoms with Gasteiger partial charge >= 0.3 is 0 Å². The third-order valence-electron chi connectivity index (χ3n) is 2.27. The molecule has 0 aliphatic rings. The predicted octanol–water partition coefficient (Wildman–Crippen LogP) is 0.980. The highest BCUT2D eigenvalue weighted by Crippen LogP contribution is 2.15. The van der Waals surface area contributed by atoms with Crippen LogP contribution in [-0.4, -0.2) is 39.9 Å². The van der Waals surface area contributed by atoms with Crippen LogP contribution in [0.2, 0.25) is 0 Å². The summed E-state index contributed by atoms with van der Waals surface area (Å²) >= 11 is 1.33. The van der Waals surface area contributed by atoms with E-state index in [0.717, 1.165) is 0 Å². The van der Waals surface area contributed by atoms with Gasteiger partial charge in [0, 0.05) is 40.8 Å². The molecular weight excluding hydrogens is 282 g/mol. The van der Waals surface area contributed by atoms with E-state index in [0.29, 0.717) is 34.9 Å². The molecule has 0 aromatic carbocycles. The monoisotopic (exact) mass is 299 g/mol. The van der Waals surface area contributed by atoms with Crippen LogP contribution in [0.4, 0.5) is 0 Å². The van der Waals surface area contributed by atoms with Crippen molar-refractivity contribution in [3.05, 3.63) is 21.9 Å². The maximum Gasteiger partial charge on any atom is 0.262 e. The first-order valence-electron chi connectivity index (χ1n) is 5.99. The lowest BCUT2D eigenvalue weighted by Crippen LogP contribution is -2.27. The van der Waals surface area contributed by atoms with Crippen molar-refractivity contribution in [2.75, 3.05) is 24.7 Å². The molecule has 1 aromatic rings. The summed E-state index contributed by atoms with van der Waals surface area (Å²) in [7, 11) is -0.869. The molecule has 1 aromatic heterocycles. The summed E-state index contributed by atoms with van der Waals surface area (Å²) in [6.45, 7) is 2.27. The molecule has 0 spiro atoms. The zero-order valence-corrected chi connectivity index (χ0v) is 12.4. The van der Waals surface area contributed by atoms with Gasteiger partial charge in [-0.1, -0.05) is 18.8 Å². The molecular formula is C13H17NO3S2. The fourth-order valence-electron chi connectivity index (χ4n) is 1.30. The van der Waals surface area contributed by atoms with Gasteiger partial charge in [0.05, 0.1) is 6.61 Å². The lowest BCUT2D eigenvalue weighted by atomic mass is 10.2. The SMILES string of the molecule is CCS(=O)CCNC(=O)c1sccc1C#CCCO. The van der Waals surface area contributed by atoms with E-state index in [9.17, 15) is 9.00 Å². The van der Waals surface area contributed by atoms with Gasteiger partial charge in [0.25, 0.3) is 5.91 Å². The lowest BCUT2D eigenvalue weighted by Gasteiger charge is -2.03. The van der Waals surface area contributed by atoms with Crippen LogP contribution in [0.1, 0.15) is 28.6 Å². The summed E-state index contributed by atoms with van der Waals surface area (Å²) < 4.78 is 11.2. The number of thiophene rings is 1. The van der Waals surface area contributed by atoms with E-state index in [-0.39, 0.29) is 12.5 Å². The third-order valence-corrected chi connectivity index (χ3v) is 4.49. The van der Waals surface area contributed by atoms with Crippen LogP contribution < -0.4 is 5.32 Å². The zero-order chi connectivity index (χ0) is 14.1. The predicted molar refractivity (Wildman–Crippen MR) is 78.8 cm³/mol. The Bertz CT molecular complexity index is 499. The van der Waals surface area contributed by atoms with Gasteiger partial charge in [0.15, 0.2) is 0 Å². The molecule has 0 aliphatic carbocycles. The lowest BCUT2D eigenvalue weighted by molar-refractivity contribution is 0.0960. The van der Waals surface area contributed by atoms with Gasteiger partial charge in [-0.25, -0.2) is 0 Å². The van der Waals surface area contributed by atoms with Crippen molar-refractivity contribution in [2.24, 2.45) is 0 Å². The molecule has 0 bridgehead atoms. The molecule has 0 saturated carbocycles. The summed E-state index contributed by atoms with van der Waals surface area (Å²) in [5.41, 5.74) is 0.674. The first-order chi connectivity index (χ1) is 9.19. The highest BCUT2D eigenvalue weighted by molar-refractivity contribution is 7.84. The van der Waals surface area contributed by atoms with E-state index < -0.39 is 10.8 Å². The molecule has 1 heterocycles. The Morgan fingerprint density at radius 3 is 3.05 bits per heavy atom. The molecule has 2 N–H and O–H groups in total. The Hall–Kier alpha value is -1.16. The van der Waals surface area contributed by atoms with Crippen molar-refractivity contribution in [1.82, 2.24) is 5.32 Å². The molecule has 0 radical (unpaired) electrons. The second kappa shape index (κ2) is 8.86. The number of nitrogens with one attached hydrogen (secondary N) is 1. The average Bonchev–Trinajstić information content (AvgIpc) is 2.87. The topological polar surface area (TPSA) is 66.4 Å². The van der Waals surface area contributed by atoms with Gasteiger partial charge in [-0.3, -0.25) is 9.00 Å². The molecule has 0 fully saturated rings. The van der Waals surface area contributed by atoms with Crippen molar-refractivity contribution in [2.45, 2.75) is 13.3 Å². The van der Waals surface area contributed by atoms with Crippen molar-refractivity contribution in [1.29, 1.82) is 0 Å². The standard InChI is InChI=1S/C13H17NO3S2/c1-2-19(17)10-7-14-13(16)12-11(6-9-18-12)5-3-4-8-15/h6,9,15H,2,4,7-8,10H2,1H3,(H,14,16). The van der Waals surface area contributed by atoms with E-state index in [1.54, 1.807) is 6.07 Å². The second-order valence-corrected chi connectivity index (χ2v) is 6.41. The van der Waals surface area contributed by atoms with Crippen molar-refractivity contribution in [3.63, 3.8) is 0 Å². The normalized spacial score (nSPS) is 11.5. The van der Waals surface area contributed by atoms with Gasteiger partial charge in [0.1, 0.15) is 4.88 Å². The summed E-state index contributed by atoms with van der Waals surface area (Å²) in [5.74, 6) is 6.55. The number of hydrogen-bond acceptors (Lipinski definition) is 4. The molecule has 1 unspecified atom stereocenters. The molecule has 0 saturated heterocycles. The van der Waals surface area contributed by atoms with Crippen LogP contribution >= 0.6 is 11.3 Å². The molecule has 19 heavy (non-hydrogen) atoms. The Labute approximate surface area is 119 Å². The third kappa shape index (κ3) is 5.55. The molecule has 4 nitrogen and oxygen atoms in total. The largest absolute Gasteiger partial charge is 0.395 e. The maximum absolute atomic E-state index is 11.9. The summed E-state index contributed by atoms with van der Waals surface area (Å²) in [4.78, 5) is 12.5. The average molecular weight is 299 g/mol. The number of carbonyl (C=O) groups excluding carboxylic acids is 1. The molecule has 1 amide bonds. The van der Waals surface area contributed by atoms with Gasteiger partial charge in [-0.2, -0.15) is 0 Å². The van der Waals surface area contributed by atoms with Crippen molar-refractivity contribution >= 4 is 28.0 Å². The molecule has 6 heteroatoms. The van der Waals surface area contributed by atoms with E-state index in [1.165, 1.54) is 11.3 Å². The van der Waals surface area contributed by atoms with Crippen LogP contribution in [0.25, 0.3) is 0 Å². The first kappa shape index (κ1) is 15.9. The Kier molecular flexibility index (Phi) is 7.41. The minimum absolute atomic E-state index is 0.0154. The second-order valence-electron chi connectivity index (χ2n) is 3.63. The summed E-state index contributed by atoms with van der Waals surface area (Å²) in [5, 5.41) is 13.2. The summed E-state index contributed by atoms with van der Waals surface area (Å²) in [6.07, 6.45) is 0.395. The van der Waals surface area contributed by atoms with E-state index >= 15 is 0 Å². The number of aliphatic hydroxyl groups is 1. The van der Waals surface area contributed by atoms with Crippen molar-refractivity contribution in [3.8, 4) is 11.8 Å². The van der Waals surface area contributed by atoms with Crippen LogP contribution in [0.3, 0.4) is 0 Å². The molecule has 0 aliphatic heterocycles.